The van der Waals surface area contributed by atoms with Crippen molar-refractivity contribution in [2.45, 2.75) is 70.2 Å². The summed E-state index contributed by atoms with van der Waals surface area (Å²) in [6.45, 7) is 4.50. The SMILES string of the molecule is CC(=O)N[C@@H](C)COC1CCC(F)(COc2ccc3nc(OCC4CC4)sc3n2)CC1. The molecule has 2 heterocycles. The molecule has 1 N–H and O–H groups in total. The Morgan fingerprint density at radius 2 is 2.03 bits per heavy atom. The second-order valence-electron chi connectivity index (χ2n) is 8.78. The molecule has 4 rings (SSSR count). The lowest BCUT2D eigenvalue weighted by Gasteiger charge is -2.33. The maximum Gasteiger partial charge on any atom is 0.275 e. The highest BCUT2D eigenvalue weighted by Crippen LogP contribution is 2.35. The van der Waals surface area contributed by atoms with Gasteiger partial charge in [-0.15, -0.1) is 0 Å². The van der Waals surface area contributed by atoms with Gasteiger partial charge < -0.3 is 19.5 Å². The number of rotatable bonds is 10. The van der Waals surface area contributed by atoms with Crippen LogP contribution in [0.15, 0.2) is 12.1 Å². The van der Waals surface area contributed by atoms with Crippen LogP contribution in [0.25, 0.3) is 10.3 Å². The number of thiazole rings is 1. The average Bonchev–Trinajstić information content (AvgIpc) is 3.48. The first-order valence-corrected chi connectivity index (χ1v) is 11.8. The zero-order chi connectivity index (χ0) is 21.8. The van der Waals surface area contributed by atoms with Crippen LogP contribution in [0.4, 0.5) is 4.39 Å². The standard InChI is InChI=1S/C22H30FN3O4S/c1-14(24-15(2)27)11-28-17-7-9-22(23,10-8-17)13-30-19-6-5-18-20(26-19)31-21(25-18)29-12-16-3-4-16/h5-6,14,16-17H,3-4,7-13H2,1-2H3,(H,24,27)/t14-,17?,22?/m0/s1. The molecule has 2 aromatic rings. The van der Waals surface area contributed by atoms with E-state index in [2.05, 4.69) is 15.3 Å². The Balaban J connectivity index is 1.23. The number of fused-ring (bicyclic) bond motifs is 1. The van der Waals surface area contributed by atoms with Crippen molar-refractivity contribution in [1.29, 1.82) is 0 Å². The van der Waals surface area contributed by atoms with Gasteiger partial charge in [0.25, 0.3) is 5.19 Å². The first kappa shape index (κ1) is 22.2. The fraction of sp³-hybridized carbons (Fsp3) is 0.682. The van der Waals surface area contributed by atoms with E-state index in [0.29, 0.717) is 55.9 Å². The van der Waals surface area contributed by atoms with Gasteiger partial charge in [0, 0.05) is 19.0 Å². The molecule has 1 amide bonds. The maximum atomic E-state index is 15.2. The Kier molecular flexibility index (Phi) is 6.91. The molecule has 0 spiro atoms. The zero-order valence-corrected chi connectivity index (χ0v) is 18.9. The summed E-state index contributed by atoms with van der Waals surface area (Å²) >= 11 is 1.39. The predicted molar refractivity (Wildman–Crippen MR) is 116 cm³/mol. The van der Waals surface area contributed by atoms with Gasteiger partial charge in [0.05, 0.1) is 19.3 Å². The summed E-state index contributed by atoms with van der Waals surface area (Å²) in [4.78, 5) is 20.7. The van der Waals surface area contributed by atoms with E-state index in [1.807, 2.05) is 13.0 Å². The van der Waals surface area contributed by atoms with Crippen LogP contribution in [0.3, 0.4) is 0 Å². The minimum absolute atomic E-state index is 0.0146. The van der Waals surface area contributed by atoms with Crippen molar-refractivity contribution in [3.05, 3.63) is 12.1 Å². The Hall–Kier alpha value is -2.00. The van der Waals surface area contributed by atoms with E-state index in [0.717, 1.165) is 10.3 Å². The normalized spacial score (nSPS) is 24.7. The summed E-state index contributed by atoms with van der Waals surface area (Å²) in [5, 5.41) is 3.41. The summed E-state index contributed by atoms with van der Waals surface area (Å²) in [7, 11) is 0. The van der Waals surface area contributed by atoms with Crippen LogP contribution >= 0.6 is 11.3 Å². The molecule has 2 fully saturated rings. The predicted octanol–water partition coefficient (Wildman–Crippen LogP) is 4.05. The van der Waals surface area contributed by atoms with Crippen LogP contribution in [-0.4, -0.2) is 53.5 Å². The van der Waals surface area contributed by atoms with Crippen molar-refractivity contribution in [3.63, 3.8) is 0 Å². The van der Waals surface area contributed by atoms with Crippen LogP contribution in [-0.2, 0) is 9.53 Å². The number of halogens is 1. The largest absolute Gasteiger partial charge is 0.474 e. The van der Waals surface area contributed by atoms with Crippen molar-refractivity contribution in [2.75, 3.05) is 19.8 Å². The van der Waals surface area contributed by atoms with Crippen molar-refractivity contribution < 1.29 is 23.4 Å². The van der Waals surface area contributed by atoms with Gasteiger partial charge in [0.1, 0.15) is 17.8 Å². The molecule has 0 radical (unpaired) electrons. The molecule has 0 aliphatic heterocycles. The van der Waals surface area contributed by atoms with Gasteiger partial charge in [-0.2, -0.15) is 0 Å². The number of nitrogens with one attached hydrogen (secondary N) is 1. The van der Waals surface area contributed by atoms with E-state index < -0.39 is 5.67 Å². The molecule has 0 bridgehead atoms. The lowest BCUT2D eigenvalue weighted by molar-refractivity contribution is -0.120. The van der Waals surface area contributed by atoms with E-state index in [4.69, 9.17) is 14.2 Å². The minimum atomic E-state index is -1.38. The number of ether oxygens (including phenoxy) is 3. The van der Waals surface area contributed by atoms with Gasteiger partial charge in [0.2, 0.25) is 11.8 Å². The van der Waals surface area contributed by atoms with Crippen LogP contribution in [0.5, 0.6) is 11.1 Å². The number of alkyl halides is 1. The molecule has 2 saturated carbocycles. The maximum absolute atomic E-state index is 15.2. The van der Waals surface area contributed by atoms with Gasteiger partial charge in [-0.25, -0.2) is 14.4 Å². The highest BCUT2D eigenvalue weighted by molar-refractivity contribution is 7.19. The van der Waals surface area contributed by atoms with Crippen molar-refractivity contribution in [3.8, 4) is 11.1 Å². The highest BCUT2D eigenvalue weighted by Gasteiger charge is 2.37. The van der Waals surface area contributed by atoms with E-state index in [1.54, 1.807) is 6.07 Å². The third kappa shape index (κ3) is 6.49. The van der Waals surface area contributed by atoms with Gasteiger partial charge in [-0.3, -0.25) is 4.79 Å². The Bertz CT molecular complexity index is 896. The summed E-state index contributed by atoms with van der Waals surface area (Å²) in [5.74, 6) is 0.997. The van der Waals surface area contributed by atoms with Gasteiger partial charge in [-0.05, 0) is 57.4 Å². The Morgan fingerprint density at radius 3 is 2.74 bits per heavy atom. The van der Waals surface area contributed by atoms with E-state index in [9.17, 15) is 4.79 Å². The first-order valence-electron chi connectivity index (χ1n) is 11.0. The monoisotopic (exact) mass is 451 g/mol. The summed E-state index contributed by atoms with van der Waals surface area (Å²) < 4.78 is 32.5. The summed E-state index contributed by atoms with van der Waals surface area (Å²) in [6.07, 6.45) is 4.51. The number of aromatic nitrogens is 2. The number of hydrogen-bond acceptors (Lipinski definition) is 7. The second kappa shape index (κ2) is 9.65. The zero-order valence-electron chi connectivity index (χ0n) is 18.1. The smallest absolute Gasteiger partial charge is 0.275 e. The number of pyridine rings is 1. The molecule has 2 aromatic heterocycles. The number of hydrogen-bond donors (Lipinski definition) is 1. The molecule has 31 heavy (non-hydrogen) atoms. The van der Waals surface area contributed by atoms with Crippen LogP contribution in [0.1, 0.15) is 52.4 Å². The lowest BCUT2D eigenvalue weighted by atomic mass is 9.85. The third-order valence-corrected chi connectivity index (χ3v) is 6.57. The Labute approximate surface area is 185 Å². The average molecular weight is 452 g/mol. The lowest BCUT2D eigenvalue weighted by Crippen LogP contribution is -2.40. The van der Waals surface area contributed by atoms with Gasteiger partial charge in [-0.1, -0.05) is 11.3 Å². The fourth-order valence-electron chi connectivity index (χ4n) is 3.69. The van der Waals surface area contributed by atoms with Crippen molar-refractivity contribution in [1.82, 2.24) is 15.3 Å². The molecule has 7 nitrogen and oxygen atoms in total. The number of carbonyl (C=O) groups excluding carboxylic acids is 1. The van der Waals surface area contributed by atoms with Crippen LogP contribution in [0.2, 0.25) is 0 Å². The van der Waals surface area contributed by atoms with E-state index in [1.165, 1.54) is 31.1 Å². The second-order valence-corrected chi connectivity index (χ2v) is 9.72. The van der Waals surface area contributed by atoms with Gasteiger partial charge in [0.15, 0.2) is 4.83 Å². The van der Waals surface area contributed by atoms with Crippen molar-refractivity contribution in [2.24, 2.45) is 5.92 Å². The molecule has 0 aromatic carbocycles. The topological polar surface area (TPSA) is 82.6 Å². The van der Waals surface area contributed by atoms with E-state index >= 15 is 4.39 Å². The minimum Gasteiger partial charge on any atom is -0.474 e. The van der Waals surface area contributed by atoms with Gasteiger partial charge >= 0.3 is 0 Å². The quantitative estimate of drug-likeness (QED) is 0.587. The molecule has 1 atom stereocenters. The molecule has 2 aliphatic carbocycles. The van der Waals surface area contributed by atoms with Crippen molar-refractivity contribution >= 4 is 27.6 Å². The van der Waals surface area contributed by atoms with E-state index in [-0.39, 0.29) is 24.7 Å². The summed E-state index contributed by atoms with van der Waals surface area (Å²) in [6, 6.07) is 3.52. The molecular weight excluding hydrogens is 421 g/mol. The molecule has 2 aliphatic rings. The third-order valence-electron chi connectivity index (χ3n) is 5.69. The molecule has 0 saturated heterocycles. The van der Waals surface area contributed by atoms with Crippen LogP contribution in [0, 0.1) is 5.92 Å². The number of nitrogens with zero attached hydrogens (tertiary/aromatic N) is 2. The number of carbonyl (C=O) groups is 1. The highest BCUT2D eigenvalue weighted by atomic mass is 32.1. The van der Waals surface area contributed by atoms with Crippen LogP contribution < -0.4 is 14.8 Å². The number of amides is 1. The summed E-state index contributed by atoms with van der Waals surface area (Å²) in [5.41, 5.74) is -0.615. The molecule has 9 heteroatoms. The molecule has 0 unspecified atom stereocenters. The molecule has 170 valence electrons. The Morgan fingerprint density at radius 1 is 1.26 bits per heavy atom. The molecular formula is C22H30FN3O4S. The first-order chi connectivity index (χ1) is 14.9. The fourth-order valence-corrected chi connectivity index (χ4v) is 4.48.